The summed E-state index contributed by atoms with van der Waals surface area (Å²) in [5, 5.41) is 18.0. The monoisotopic (exact) mass is 536 g/mol. The number of methoxy groups -OCH3 is 1. The second kappa shape index (κ2) is 11.5. The molecular weight excluding hydrogens is 500 g/mol. The number of likely N-dealkylation sites (N-methyl/N-ethyl adjacent to an activating group) is 1. The van der Waals surface area contributed by atoms with Gasteiger partial charge in [-0.3, -0.25) is 9.80 Å². The molecule has 0 unspecified atom stereocenters. The molecule has 3 aromatic rings. The van der Waals surface area contributed by atoms with Crippen molar-refractivity contribution in [3.63, 3.8) is 0 Å². The summed E-state index contributed by atoms with van der Waals surface area (Å²) in [7, 11) is 1.64. The van der Waals surface area contributed by atoms with Gasteiger partial charge in [0.2, 0.25) is 5.88 Å². The lowest BCUT2D eigenvalue weighted by atomic mass is 9.95. The number of nitriles is 1. The molecule has 3 aliphatic heterocycles. The van der Waals surface area contributed by atoms with Crippen LogP contribution in [-0.4, -0.2) is 88.8 Å². The number of aromatic nitrogens is 3. The van der Waals surface area contributed by atoms with E-state index in [4.69, 9.17) is 4.74 Å². The van der Waals surface area contributed by atoms with Crippen molar-refractivity contribution in [3.05, 3.63) is 83.1 Å². The van der Waals surface area contributed by atoms with E-state index in [1.165, 1.54) is 22.3 Å². The minimum atomic E-state index is 0.607. The Bertz CT molecular complexity index is 1500. The van der Waals surface area contributed by atoms with Crippen LogP contribution >= 0.6 is 0 Å². The summed E-state index contributed by atoms with van der Waals surface area (Å²) in [5.41, 5.74) is 7.47. The van der Waals surface area contributed by atoms with Crippen molar-refractivity contribution in [2.45, 2.75) is 19.9 Å². The Kier molecular flexibility index (Phi) is 7.53. The fourth-order valence-corrected chi connectivity index (χ4v) is 5.80. The number of piperazine rings is 1. The Hall–Kier alpha value is -4.13. The number of dihydropyridines is 1. The summed E-state index contributed by atoms with van der Waals surface area (Å²) < 4.78 is 7.06. The predicted octanol–water partition coefficient (Wildman–Crippen LogP) is 3.36. The van der Waals surface area contributed by atoms with Crippen LogP contribution in [0.25, 0.3) is 16.7 Å². The van der Waals surface area contributed by atoms with Gasteiger partial charge in [-0.2, -0.15) is 10.4 Å². The van der Waals surface area contributed by atoms with Gasteiger partial charge >= 0.3 is 0 Å². The topological polar surface area (TPSA) is 85.0 Å². The van der Waals surface area contributed by atoms with Crippen LogP contribution < -0.4 is 10.1 Å². The van der Waals surface area contributed by atoms with E-state index in [0.717, 1.165) is 75.7 Å². The second-order valence-electron chi connectivity index (χ2n) is 10.5. The summed E-state index contributed by atoms with van der Waals surface area (Å²) in [6.45, 7) is 10.9. The van der Waals surface area contributed by atoms with Gasteiger partial charge in [0.25, 0.3) is 0 Å². The number of allylic oxidation sites excluding steroid dienone is 2. The van der Waals surface area contributed by atoms with E-state index in [9.17, 15) is 5.26 Å². The number of nitrogens with one attached hydrogen (secondary N) is 1. The molecular formula is C31H36N8O. The summed E-state index contributed by atoms with van der Waals surface area (Å²) in [5.74, 6) is 1.81. The van der Waals surface area contributed by atoms with Gasteiger partial charge < -0.3 is 15.0 Å². The van der Waals surface area contributed by atoms with Gasteiger partial charge in [-0.1, -0.05) is 25.1 Å². The minimum absolute atomic E-state index is 0.607. The molecule has 6 rings (SSSR count). The molecule has 206 valence electrons. The van der Waals surface area contributed by atoms with Gasteiger partial charge in [0.15, 0.2) is 0 Å². The van der Waals surface area contributed by atoms with Crippen LogP contribution in [0.5, 0.6) is 5.88 Å². The molecule has 0 spiro atoms. The van der Waals surface area contributed by atoms with Gasteiger partial charge in [-0.05, 0) is 47.4 Å². The summed E-state index contributed by atoms with van der Waals surface area (Å²) in [4.78, 5) is 11.7. The standard InChI is InChI=1S/C31H36N8O/c1-3-36-10-8-24(9-11-36)26-16-28(31-27(17-32)20-35-39(31)22-26)25-5-6-29(33-19-25)38-14-12-37(13-15-38)21-23-4-7-30(40-2)34-18-23/h4-8,16,18,20,22,33H,3,9-15,19,21H2,1-2H3. The van der Waals surface area contributed by atoms with Crippen molar-refractivity contribution in [2.24, 2.45) is 0 Å². The Morgan fingerprint density at radius 1 is 1.05 bits per heavy atom. The minimum Gasteiger partial charge on any atom is -0.481 e. The lowest BCUT2D eigenvalue weighted by molar-refractivity contribution is 0.147. The van der Waals surface area contributed by atoms with E-state index in [2.05, 4.69) is 79.6 Å². The largest absolute Gasteiger partial charge is 0.481 e. The number of ether oxygens (including phenoxy) is 1. The molecule has 0 aromatic carbocycles. The lowest BCUT2D eigenvalue weighted by Gasteiger charge is -2.38. The third-order valence-electron chi connectivity index (χ3n) is 8.22. The average molecular weight is 537 g/mol. The highest BCUT2D eigenvalue weighted by molar-refractivity contribution is 5.86. The maximum atomic E-state index is 9.78. The first-order valence-corrected chi connectivity index (χ1v) is 14.1. The van der Waals surface area contributed by atoms with E-state index >= 15 is 0 Å². The maximum absolute atomic E-state index is 9.78. The zero-order chi connectivity index (χ0) is 27.5. The van der Waals surface area contributed by atoms with E-state index < -0.39 is 0 Å². The number of hydrogen-bond donors (Lipinski definition) is 1. The molecule has 1 N–H and O–H groups in total. The van der Waals surface area contributed by atoms with Crippen LogP contribution in [0.15, 0.2) is 60.8 Å². The van der Waals surface area contributed by atoms with E-state index in [0.29, 0.717) is 18.0 Å². The summed E-state index contributed by atoms with van der Waals surface area (Å²) in [6, 6.07) is 8.60. The smallest absolute Gasteiger partial charge is 0.212 e. The molecule has 3 aromatic heterocycles. The predicted molar refractivity (Wildman–Crippen MR) is 156 cm³/mol. The highest BCUT2D eigenvalue weighted by atomic mass is 16.5. The van der Waals surface area contributed by atoms with Gasteiger partial charge in [0.1, 0.15) is 11.9 Å². The molecule has 0 radical (unpaired) electrons. The molecule has 6 heterocycles. The molecule has 0 bridgehead atoms. The zero-order valence-electron chi connectivity index (χ0n) is 23.3. The molecule has 9 nitrogen and oxygen atoms in total. The number of hydrogen-bond acceptors (Lipinski definition) is 8. The van der Waals surface area contributed by atoms with Gasteiger partial charge in [-0.15, -0.1) is 0 Å². The highest BCUT2D eigenvalue weighted by Crippen LogP contribution is 2.31. The normalized spacial score (nSPS) is 18.5. The molecule has 3 aliphatic rings. The molecule has 40 heavy (non-hydrogen) atoms. The molecule has 0 atom stereocenters. The van der Waals surface area contributed by atoms with Crippen molar-refractivity contribution >= 4 is 16.7 Å². The third kappa shape index (κ3) is 5.33. The van der Waals surface area contributed by atoms with Crippen LogP contribution in [0.4, 0.5) is 0 Å². The van der Waals surface area contributed by atoms with Crippen molar-refractivity contribution in [1.29, 1.82) is 5.26 Å². The van der Waals surface area contributed by atoms with Crippen LogP contribution in [0.3, 0.4) is 0 Å². The molecule has 0 aliphatic carbocycles. The molecule has 1 fully saturated rings. The number of pyridine rings is 2. The first kappa shape index (κ1) is 26.1. The number of nitrogens with zero attached hydrogens (tertiary/aromatic N) is 7. The Labute approximate surface area is 235 Å². The second-order valence-corrected chi connectivity index (χ2v) is 10.5. The average Bonchev–Trinajstić information content (AvgIpc) is 3.45. The van der Waals surface area contributed by atoms with Crippen molar-refractivity contribution in [2.75, 3.05) is 59.5 Å². The summed E-state index contributed by atoms with van der Waals surface area (Å²) >= 11 is 0. The third-order valence-corrected chi connectivity index (χ3v) is 8.22. The van der Waals surface area contributed by atoms with Gasteiger partial charge in [0.05, 0.1) is 24.4 Å². The SMILES string of the molecule is CCN1CC=C(c2cc(C3=CC=C(N4CCN(Cc5ccc(OC)nc5)CC4)NC3)c3c(C#N)cnn3c2)CC1. The van der Waals surface area contributed by atoms with Gasteiger partial charge in [-0.25, -0.2) is 9.50 Å². The fourth-order valence-electron chi connectivity index (χ4n) is 5.80. The van der Waals surface area contributed by atoms with E-state index in [1.807, 2.05) is 16.8 Å². The van der Waals surface area contributed by atoms with Crippen molar-refractivity contribution in [1.82, 2.24) is 34.6 Å². The Morgan fingerprint density at radius 3 is 2.58 bits per heavy atom. The number of fused-ring (bicyclic) bond motifs is 1. The van der Waals surface area contributed by atoms with Crippen LogP contribution in [-0.2, 0) is 6.54 Å². The van der Waals surface area contributed by atoms with Crippen LogP contribution in [0.2, 0.25) is 0 Å². The maximum Gasteiger partial charge on any atom is 0.212 e. The molecule has 0 amide bonds. The summed E-state index contributed by atoms with van der Waals surface area (Å²) in [6.07, 6.45) is 13.4. The zero-order valence-corrected chi connectivity index (χ0v) is 23.3. The first-order chi connectivity index (χ1) is 19.6. The van der Waals surface area contributed by atoms with Crippen molar-refractivity contribution in [3.8, 4) is 11.9 Å². The molecule has 0 saturated carbocycles. The fraction of sp³-hybridized carbons (Fsp3) is 0.387. The molecule has 9 heteroatoms. The number of rotatable bonds is 7. The van der Waals surface area contributed by atoms with E-state index in [-0.39, 0.29) is 0 Å². The van der Waals surface area contributed by atoms with Crippen LogP contribution in [0, 0.1) is 11.3 Å². The molecule has 1 saturated heterocycles. The van der Waals surface area contributed by atoms with Gasteiger partial charge in [0, 0.05) is 76.4 Å². The Balaban J connectivity index is 1.18. The first-order valence-electron chi connectivity index (χ1n) is 14.1. The van der Waals surface area contributed by atoms with Crippen molar-refractivity contribution < 1.29 is 4.74 Å². The highest BCUT2D eigenvalue weighted by Gasteiger charge is 2.23. The Morgan fingerprint density at radius 2 is 1.93 bits per heavy atom. The quantitative estimate of drug-likeness (QED) is 0.492. The lowest BCUT2D eigenvalue weighted by Crippen LogP contribution is -2.48. The van der Waals surface area contributed by atoms with Crippen LogP contribution in [0.1, 0.15) is 35.6 Å². The van der Waals surface area contributed by atoms with E-state index in [1.54, 1.807) is 13.3 Å².